The van der Waals surface area contributed by atoms with Gasteiger partial charge in [-0.15, -0.1) is 0 Å². The van der Waals surface area contributed by atoms with E-state index in [9.17, 15) is 13.2 Å². The van der Waals surface area contributed by atoms with Gasteiger partial charge < -0.3 is 10.1 Å². The zero-order valence-corrected chi connectivity index (χ0v) is 23.2. The van der Waals surface area contributed by atoms with Crippen LogP contribution in [-0.2, 0) is 14.8 Å². The zero-order valence-electron chi connectivity index (χ0n) is 21.6. The van der Waals surface area contributed by atoms with Crippen molar-refractivity contribution < 1.29 is 17.9 Å². The van der Waals surface area contributed by atoms with Crippen molar-refractivity contribution in [2.24, 2.45) is 0 Å². The maximum absolute atomic E-state index is 13.8. The highest BCUT2D eigenvalue weighted by molar-refractivity contribution is 7.92. The SMILES string of the molecule is CCC1(CC)C[C@@H](NC(=O)CN(c2cc(Cl)ccc2C)S(=O)(=O)c2ccc(C)cc2)c2ccccc2O1. The van der Waals surface area contributed by atoms with Gasteiger partial charge in [-0.05, 0) is 62.6 Å². The molecule has 0 radical (unpaired) electrons. The van der Waals surface area contributed by atoms with E-state index in [-0.39, 0.29) is 17.5 Å². The number of nitrogens with zero attached hydrogens (tertiary/aromatic N) is 1. The third-order valence-electron chi connectivity index (χ3n) is 7.16. The lowest BCUT2D eigenvalue weighted by Gasteiger charge is -2.41. The molecule has 1 aliphatic heterocycles. The number of nitrogens with one attached hydrogen (secondary N) is 1. The van der Waals surface area contributed by atoms with Crippen molar-refractivity contribution in [3.63, 3.8) is 0 Å². The number of rotatable bonds is 8. The predicted molar refractivity (Wildman–Crippen MR) is 148 cm³/mol. The molecular formula is C29H33ClN2O4S. The second kappa shape index (κ2) is 10.8. The van der Waals surface area contributed by atoms with Gasteiger partial charge in [0.15, 0.2) is 0 Å². The molecule has 0 aromatic heterocycles. The minimum Gasteiger partial charge on any atom is -0.487 e. The maximum atomic E-state index is 13.8. The maximum Gasteiger partial charge on any atom is 0.264 e. The Morgan fingerprint density at radius 3 is 2.41 bits per heavy atom. The van der Waals surface area contributed by atoms with E-state index in [1.54, 1.807) is 49.4 Å². The first kappa shape index (κ1) is 27.0. The van der Waals surface area contributed by atoms with E-state index in [0.717, 1.165) is 34.0 Å². The van der Waals surface area contributed by atoms with Crippen LogP contribution in [0.25, 0.3) is 0 Å². The summed E-state index contributed by atoms with van der Waals surface area (Å²) < 4.78 is 35.1. The van der Waals surface area contributed by atoms with Crippen LogP contribution in [0.5, 0.6) is 5.75 Å². The molecule has 0 spiro atoms. The van der Waals surface area contributed by atoms with E-state index in [1.165, 1.54) is 0 Å². The van der Waals surface area contributed by atoms with E-state index >= 15 is 0 Å². The Morgan fingerprint density at radius 2 is 1.73 bits per heavy atom. The predicted octanol–water partition coefficient (Wildman–Crippen LogP) is 6.35. The molecule has 1 atom stereocenters. The second-order valence-electron chi connectivity index (χ2n) is 9.61. The van der Waals surface area contributed by atoms with Crippen molar-refractivity contribution in [1.82, 2.24) is 5.32 Å². The Balaban J connectivity index is 1.69. The van der Waals surface area contributed by atoms with Gasteiger partial charge in [-0.2, -0.15) is 0 Å². The molecule has 6 nitrogen and oxygen atoms in total. The fourth-order valence-corrected chi connectivity index (χ4v) is 6.43. The summed E-state index contributed by atoms with van der Waals surface area (Å²) >= 11 is 6.25. The molecule has 8 heteroatoms. The molecule has 37 heavy (non-hydrogen) atoms. The van der Waals surface area contributed by atoms with Crippen LogP contribution in [0, 0.1) is 13.8 Å². The summed E-state index contributed by atoms with van der Waals surface area (Å²) in [5.41, 5.74) is 2.49. The number of carbonyl (C=O) groups excluding carboxylic acids is 1. The Labute approximate surface area is 224 Å². The number of sulfonamides is 1. The summed E-state index contributed by atoms with van der Waals surface area (Å²) in [5.74, 6) is 0.343. The highest BCUT2D eigenvalue weighted by Crippen LogP contribution is 2.42. The van der Waals surface area contributed by atoms with Crippen LogP contribution in [0.15, 0.2) is 71.6 Å². The molecule has 0 saturated heterocycles. The van der Waals surface area contributed by atoms with Gasteiger partial charge in [0.1, 0.15) is 17.9 Å². The van der Waals surface area contributed by atoms with Crippen LogP contribution < -0.4 is 14.4 Å². The first-order valence-electron chi connectivity index (χ1n) is 12.5. The number of fused-ring (bicyclic) bond motifs is 1. The Morgan fingerprint density at radius 1 is 1.05 bits per heavy atom. The summed E-state index contributed by atoms with van der Waals surface area (Å²) in [6.07, 6.45) is 2.18. The zero-order chi connectivity index (χ0) is 26.8. The number of halogens is 1. The van der Waals surface area contributed by atoms with Gasteiger partial charge in [0, 0.05) is 17.0 Å². The number of carbonyl (C=O) groups is 1. The standard InChI is InChI=1S/C29H33ClN2O4S/c1-5-29(6-2)18-25(24-9-7-8-10-27(24)36-29)31-28(33)19-32(26-17-22(30)14-13-21(26)4)37(34,35)23-15-11-20(3)12-16-23/h7-17,25H,5-6,18-19H2,1-4H3,(H,31,33)/t25-/m1/s1. The van der Waals surface area contributed by atoms with Crippen molar-refractivity contribution in [3.8, 4) is 5.75 Å². The van der Waals surface area contributed by atoms with E-state index in [4.69, 9.17) is 16.3 Å². The third kappa shape index (κ3) is 5.63. The fourth-order valence-electron chi connectivity index (χ4n) is 4.79. The van der Waals surface area contributed by atoms with E-state index in [0.29, 0.717) is 22.7 Å². The van der Waals surface area contributed by atoms with E-state index in [1.807, 2.05) is 31.2 Å². The second-order valence-corrected chi connectivity index (χ2v) is 11.9. The van der Waals surface area contributed by atoms with Gasteiger partial charge in [-0.1, -0.05) is 67.4 Å². The molecule has 0 bridgehead atoms. The summed E-state index contributed by atoms with van der Waals surface area (Å²) in [6.45, 7) is 7.46. The molecule has 0 saturated carbocycles. The van der Waals surface area contributed by atoms with Gasteiger partial charge in [-0.3, -0.25) is 9.10 Å². The molecule has 1 N–H and O–H groups in total. The van der Waals surface area contributed by atoms with Gasteiger partial charge in [-0.25, -0.2) is 8.42 Å². The minimum atomic E-state index is -4.05. The summed E-state index contributed by atoms with van der Waals surface area (Å²) in [7, 11) is -4.05. The monoisotopic (exact) mass is 540 g/mol. The fraction of sp³-hybridized carbons (Fsp3) is 0.345. The molecule has 4 rings (SSSR count). The average molecular weight is 541 g/mol. The summed E-state index contributed by atoms with van der Waals surface area (Å²) in [4.78, 5) is 13.6. The molecular weight excluding hydrogens is 508 g/mol. The largest absolute Gasteiger partial charge is 0.487 e. The van der Waals surface area contributed by atoms with Crippen molar-refractivity contribution in [3.05, 3.63) is 88.4 Å². The Kier molecular flexibility index (Phi) is 7.85. The van der Waals surface area contributed by atoms with Gasteiger partial charge in [0.25, 0.3) is 10.0 Å². The van der Waals surface area contributed by atoms with Gasteiger partial charge >= 0.3 is 0 Å². The number of amides is 1. The normalized spacial score (nSPS) is 16.4. The molecule has 3 aromatic rings. The lowest BCUT2D eigenvalue weighted by atomic mass is 9.83. The first-order valence-corrected chi connectivity index (χ1v) is 14.3. The number of hydrogen-bond donors (Lipinski definition) is 1. The lowest BCUT2D eigenvalue weighted by molar-refractivity contribution is -0.121. The van der Waals surface area contributed by atoms with Crippen molar-refractivity contribution >= 4 is 33.2 Å². The summed E-state index contributed by atoms with van der Waals surface area (Å²) in [6, 6.07) is 19.0. The molecule has 0 fully saturated rings. The number of para-hydroxylation sites is 1. The number of anilines is 1. The van der Waals surface area contributed by atoms with E-state index < -0.39 is 21.5 Å². The van der Waals surface area contributed by atoms with Gasteiger partial charge in [0.2, 0.25) is 5.91 Å². The molecule has 0 unspecified atom stereocenters. The topological polar surface area (TPSA) is 75.7 Å². The van der Waals surface area contributed by atoms with Crippen molar-refractivity contribution in [2.45, 2.75) is 63.5 Å². The molecule has 0 aliphatic carbocycles. The van der Waals surface area contributed by atoms with Crippen LogP contribution in [0.4, 0.5) is 5.69 Å². The number of ether oxygens (including phenoxy) is 1. The first-order chi connectivity index (χ1) is 17.6. The Bertz CT molecular complexity index is 1390. The summed E-state index contributed by atoms with van der Waals surface area (Å²) in [5, 5.41) is 3.50. The quantitative estimate of drug-likeness (QED) is 0.361. The number of aryl methyl sites for hydroxylation is 2. The van der Waals surface area contributed by atoms with Crippen LogP contribution in [0.3, 0.4) is 0 Å². The van der Waals surface area contributed by atoms with Crippen LogP contribution in [-0.4, -0.2) is 26.5 Å². The smallest absolute Gasteiger partial charge is 0.264 e. The van der Waals surface area contributed by atoms with Crippen LogP contribution in [0.1, 0.15) is 55.8 Å². The minimum absolute atomic E-state index is 0.109. The molecule has 1 amide bonds. The highest BCUT2D eigenvalue weighted by Gasteiger charge is 2.39. The highest BCUT2D eigenvalue weighted by atomic mass is 35.5. The van der Waals surface area contributed by atoms with Crippen LogP contribution >= 0.6 is 11.6 Å². The average Bonchev–Trinajstić information content (AvgIpc) is 2.89. The Hall–Kier alpha value is -3.03. The third-order valence-corrected chi connectivity index (χ3v) is 9.17. The molecule has 1 aliphatic rings. The lowest BCUT2D eigenvalue weighted by Crippen LogP contribution is -2.47. The van der Waals surface area contributed by atoms with Gasteiger partial charge in [0.05, 0.1) is 16.6 Å². The molecule has 1 heterocycles. The van der Waals surface area contributed by atoms with E-state index in [2.05, 4.69) is 19.2 Å². The van der Waals surface area contributed by atoms with Crippen molar-refractivity contribution in [2.75, 3.05) is 10.8 Å². The molecule has 196 valence electrons. The number of hydrogen-bond acceptors (Lipinski definition) is 4. The number of benzene rings is 3. The van der Waals surface area contributed by atoms with Crippen LogP contribution in [0.2, 0.25) is 5.02 Å². The van der Waals surface area contributed by atoms with Crippen molar-refractivity contribution in [1.29, 1.82) is 0 Å². The molecule has 3 aromatic carbocycles.